The van der Waals surface area contributed by atoms with E-state index in [0.717, 1.165) is 28.3 Å². The minimum absolute atomic E-state index is 0.0182. The van der Waals surface area contributed by atoms with Crippen molar-refractivity contribution in [1.29, 1.82) is 0 Å². The molecule has 36 heavy (non-hydrogen) atoms. The molecule has 1 saturated heterocycles. The van der Waals surface area contributed by atoms with E-state index in [-0.39, 0.29) is 16.9 Å². The fourth-order valence-electron chi connectivity index (χ4n) is 4.19. The smallest absolute Gasteiger partial charge is 0.335 e. The number of nitrogens with one attached hydrogen (secondary N) is 1. The van der Waals surface area contributed by atoms with E-state index in [0.29, 0.717) is 22.6 Å². The number of urea groups is 1. The number of ether oxygens (including phenoxy) is 1. The van der Waals surface area contributed by atoms with Crippen LogP contribution in [0.4, 0.5) is 16.2 Å². The molecule has 1 aliphatic rings. The molecule has 0 radical (unpaired) electrons. The monoisotopic (exact) mass is 485 g/mol. The van der Waals surface area contributed by atoms with E-state index in [9.17, 15) is 24.5 Å². The van der Waals surface area contributed by atoms with Crippen LogP contribution in [0.2, 0.25) is 0 Å². The molecule has 3 aromatic carbocycles. The first-order chi connectivity index (χ1) is 17.2. The molecule has 0 aliphatic carbocycles. The van der Waals surface area contributed by atoms with Gasteiger partial charge in [0.05, 0.1) is 17.7 Å². The lowest BCUT2D eigenvalue weighted by atomic mass is 9.95. The van der Waals surface area contributed by atoms with Crippen LogP contribution in [0.25, 0.3) is 6.08 Å². The Labute approximate surface area is 207 Å². The number of hydrogen-bond donors (Lipinski definition) is 1. The van der Waals surface area contributed by atoms with Crippen LogP contribution in [0, 0.1) is 24.0 Å². The fourth-order valence-corrected chi connectivity index (χ4v) is 4.19. The molecule has 1 aliphatic heterocycles. The van der Waals surface area contributed by atoms with Crippen LogP contribution in [0.3, 0.4) is 0 Å². The summed E-state index contributed by atoms with van der Waals surface area (Å²) < 4.78 is 5.37. The standard InChI is InChI=1S/C27H23N3O6/c1-16-9-17(2)11-18(10-16)12-20-13-23(36-3)8-7-19(20)14-24-25(31)28-27(33)29(26(24)32)21-5-4-6-22(15-21)30(34)35/h4-11,13-15H,12H2,1-3H3,(H,28,31,33)/b24-14+. The maximum atomic E-state index is 13.3. The molecule has 0 aromatic heterocycles. The van der Waals surface area contributed by atoms with Crippen LogP contribution in [0.5, 0.6) is 5.75 Å². The van der Waals surface area contributed by atoms with Gasteiger partial charge in [-0.15, -0.1) is 0 Å². The lowest BCUT2D eigenvalue weighted by molar-refractivity contribution is -0.384. The van der Waals surface area contributed by atoms with Crippen molar-refractivity contribution in [2.24, 2.45) is 0 Å². The predicted octanol–water partition coefficient (Wildman–Crippen LogP) is 4.48. The number of anilines is 1. The summed E-state index contributed by atoms with van der Waals surface area (Å²) in [5.74, 6) is -1.11. The van der Waals surface area contributed by atoms with E-state index in [1.54, 1.807) is 19.2 Å². The van der Waals surface area contributed by atoms with Gasteiger partial charge < -0.3 is 4.74 Å². The maximum absolute atomic E-state index is 13.3. The summed E-state index contributed by atoms with van der Waals surface area (Å²) in [6.07, 6.45) is 1.94. The zero-order valence-electron chi connectivity index (χ0n) is 19.9. The maximum Gasteiger partial charge on any atom is 0.335 e. The number of amides is 4. The van der Waals surface area contributed by atoms with Gasteiger partial charge in [-0.25, -0.2) is 9.69 Å². The molecule has 0 atom stereocenters. The summed E-state index contributed by atoms with van der Waals surface area (Å²) in [6, 6.07) is 15.6. The van der Waals surface area contributed by atoms with Crippen molar-refractivity contribution in [2.45, 2.75) is 20.3 Å². The summed E-state index contributed by atoms with van der Waals surface area (Å²) in [6.45, 7) is 4.02. The van der Waals surface area contributed by atoms with Gasteiger partial charge >= 0.3 is 6.03 Å². The topological polar surface area (TPSA) is 119 Å². The lowest BCUT2D eigenvalue weighted by Crippen LogP contribution is -2.54. The average molecular weight is 485 g/mol. The number of carbonyl (C=O) groups excluding carboxylic acids is 3. The Morgan fingerprint density at radius 3 is 2.39 bits per heavy atom. The third-order valence-corrected chi connectivity index (χ3v) is 5.73. The molecule has 1 heterocycles. The van der Waals surface area contributed by atoms with Crippen LogP contribution in [-0.4, -0.2) is 29.9 Å². The Kier molecular flexibility index (Phi) is 6.64. The Hall–Kier alpha value is -4.79. The number of imide groups is 2. The molecule has 0 unspecified atom stereocenters. The zero-order valence-corrected chi connectivity index (χ0v) is 19.9. The number of carbonyl (C=O) groups is 3. The van der Waals surface area contributed by atoms with Crippen LogP contribution in [0.15, 0.2) is 66.2 Å². The van der Waals surface area contributed by atoms with E-state index in [1.165, 1.54) is 24.3 Å². The summed E-state index contributed by atoms with van der Waals surface area (Å²) in [5.41, 5.74) is 4.10. The van der Waals surface area contributed by atoms with Crippen LogP contribution >= 0.6 is 0 Å². The summed E-state index contributed by atoms with van der Waals surface area (Å²) in [5, 5.41) is 13.3. The normalized spacial score (nSPS) is 14.7. The second-order valence-electron chi connectivity index (χ2n) is 8.47. The first-order valence-corrected chi connectivity index (χ1v) is 11.1. The lowest BCUT2D eigenvalue weighted by Gasteiger charge is -2.26. The first-order valence-electron chi connectivity index (χ1n) is 11.1. The molecule has 9 heteroatoms. The molecule has 0 spiro atoms. The number of nitrogens with zero attached hydrogens (tertiary/aromatic N) is 2. The molecule has 0 bridgehead atoms. The molecule has 1 fully saturated rings. The third-order valence-electron chi connectivity index (χ3n) is 5.73. The number of aryl methyl sites for hydroxylation is 2. The fraction of sp³-hybridized carbons (Fsp3) is 0.148. The molecule has 182 valence electrons. The van der Waals surface area contributed by atoms with Gasteiger partial charge in [0, 0.05) is 12.1 Å². The minimum Gasteiger partial charge on any atom is -0.497 e. The third kappa shape index (κ3) is 5.00. The Bertz CT molecular complexity index is 1420. The molecule has 1 N–H and O–H groups in total. The highest BCUT2D eigenvalue weighted by molar-refractivity contribution is 6.39. The summed E-state index contributed by atoms with van der Waals surface area (Å²) >= 11 is 0. The van der Waals surface area contributed by atoms with Crippen molar-refractivity contribution in [3.05, 3.63) is 104 Å². The number of benzene rings is 3. The molecule has 3 aromatic rings. The van der Waals surface area contributed by atoms with Crippen molar-refractivity contribution in [2.75, 3.05) is 12.0 Å². The van der Waals surface area contributed by atoms with E-state index in [2.05, 4.69) is 23.5 Å². The Morgan fingerprint density at radius 1 is 1.00 bits per heavy atom. The van der Waals surface area contributed by atoms with E-state index >= 15 is 0 Å². The Balaban J connectivity index is 1.76. The van der Waals surface area contributed by atoms with Gasteiger partial charge in [0.1, 0.15) is 11.3 Å². The number of rotatable bonds is 6. The molecular formula is C27H23N3O6. The van der Waals surface area contributed by atoms with Crippen molar-refractivity contribution in [3.8, 4) is 5.75 Å². The van der Waals surface area contributed by atoms with Gasteiger partial charge in [-0.2, -0.15) is 0 Å². The van der Waals surface area contributed by atoms with Gasteiger partial charge in [-0.1, -0.05) is 41.5 Å². The highest BCUT2D eigenvalue weighted by Crippen LogP contribution is 2.28. The first kappa shape index (κ1) is 24.3. The number of barbiturate groups is 1. The molecule has 4 rings (SSSR count). The molecule has 4 amide bonds. The van der Waals surface area contributed by atoms with E-state index in [1.807, 2.05) is 19.9 Å². The number of non-ortho nitro benzene ring substituents is 1. The number of nitro groups is 1. The number of hydrogen-bond acceptors (Lipinski definition) is 6. The van der Waals surface area contributed by atoms with Crippen molar-refractivity contribution >= 4 is 35.3 Å². The highest BCUT2D eigenvalue weighted by atomic mass is 16.6. The van der Waals surface area contributed by atoms with E-state index < -0.39 is 22.8 Å². The van der Waals surface area contributed by atoms with Crippen LogP contribution in [0.1, 0.15) is 27.8 Å². The van der Waals surface area contributed by atoms with Crippen molar-refractivity contribution < 1.29 is 24.0 Å². The molecule has 9 nitrogen and oxygen atoms in total. The molecular weight excluding hydrogens is 462 g/mol. The number of nitro benzene ring substituents is 1. The van der Waals surface area contributed by atoms with Gasteiger partial charge in [0.15, 0.2) is 0 Å². The van der Waals surface area contributed by atoms with Crippen LogP contribution < -0.4 is 15.0 Å². The van der Waals surface area contributed by atoms with Crippen LogP contribution in [-0.2, 0) is 16.0 Å². The summed E-state index contributed by atoms with van der Waals surface area (Å²) in [4.78, 5) is 49.7. The van der Waals surface area contributed by atoms with Gasteiger partial charge in [-0.3, -0.25) is 25.0 Å². The summed E-state index contributed by atoms with van der Waals surface area (Å²) in [7, 11) is 1.55. The van der Waals surface area contributed by atoms with Gasteiger partial charge in [0.2, 0.25) is 0 Å². The second-order valence-corrected chi connectivity index (χ2v) is 8.47. The minimum atomic E-state index is -0.979. The zero-order chi connectivity index (χ0) is 26.0. The van der Waals surface area contributed by atoms with Crippen molar-refractivity contribution in [1.82, 2.24) is 5.32 Å². The van der Waals surface area contributed by atoms with E-state index in [4.69, 9.17) is 4.74 Å². The number of methoxy groups -OCH3 is 1. The SMILES string of the molecule is COc1ccc(/C=C2\C(=O)NC(=O)N(c3cccc([N+](=O)[O-])c3)C2=O)c(Cc2cc(C)cc(C)c2)c1. The largest absolute Gasteiger partial charge is 0.497 e. The predicted molar refractivity (Wildman–Crippen MR) is 134 cm³/mol. The Morgan fingerprint density at radius 2 is 1.72 bits per heavy atom. The van der Waals surface area contributed by atoms with Gasteiger partial charge in [-0.05, 0) is 61.2 Å². The molecule has 0 saturated carbocycles. The average Bonchev–Trinajstić information content (AvgIpc) is 2.82. The van der Waals surface area contributed by atoms with Crippen molar-refractivity contribution in [3.63, 3.8) is 0 Å². The quantitative estimate of drug-likeness (QED) is 0.238. The second kappa shape index (κ2) is 9.83. The highest BCUT2D eigenvalue weighted by Gasteiger charge is 2.37. The van der Waals surface area contributed by atoms with Gasteiger partial charge in [0.25, 0.3) is 17.5 Å².